The van der Waals surface area contributed by atoms with E-state index in [1.165, 1.54) is 75.3 Å². The summed E-state index contributed by atoms with van der Waals surface area (Å²) in [6.07, 6.45) is 15.0. The smallest absolute Gasteiger partial charge is 0.315 e. The summed E-state index contributed by atoms with van der Waals surface area (Å²) in [4.78, 5) is 0. The summed E-state index contributed by atoms with van der Waals surface area (Å²) in [6.45, 7) is 5.92. The Kier molecular flexibility index (Phi) is 10.1. The van der Waals surface area contributed by atoms with Gasteiger partial charge in [-0.05, 0) is 117 Å². The van der Waals surface area contributed by atoms with E-state index in [1.54, 1.807) is 0 Å². The van der Waals surface area contributed by atoms with Gasteiger partial charge in [0.05, 0.1) is 13.0 Å². The van der Waals surface area contributed by atoms with E-state index in [-0.39, 0.29) is 6.61 Å². The van der Waals surface area contributed by atoms with E-state index < -0.39 is 12.5 Å². The highest BCUT2D eigenvalue weighted by molar-refractivity contribution is 5.27. The number of hydrogen-bond acceptors (Lipinski definition) is 1. The molecule has 2 aliphatic rings. The Labute approximate surface area is 223 Å². The molecule has 4 rings (SSSR count). The normalized spacial score (nSPS) is 24.8. The maximum atomic E-state index is 14.6. The van der Waals surface area contributed by atoms with Gasteiger partial charge in [-0.1, -0.05) is 66.8 Å². The van der Waals surface area contributed by atoms with Crippen LogP contribution >= 0.6 is 0 Å². The van der Waals surface area contributed by atoms with E-state index >= 15 is 0 Å². The molecule has 0 radical (unpaired) electrons. The zero-order chi connectivity index (χ0) is 26.1. The average molecular weight is 507 g/mol. The van der Waals surface area contributed by atoms with Crippen molar-refractivity contribution in [3.8, 4) is 0 Å². The van der Waals surface area contributed by atoms with Crippen LogP contribution in [0.3, 0.4) is 0 Å². The Morgan fingerprint density at radius 3 is 1.89 bits per heavy atom. The number of hydrogen-bond donors (Lipinski definition) is 0. The molecule has 0 atom stereocenters. The molecule has 3 heteroatoms. The van der Waals surface area contributed by atoms with Gasteiger partial charge < -0.3 is 4.74 Å². The van der Waals surface area contributed by atoms with Gasteiger partial charge in [-0.25, -0.2) is 0 Å². The van der Waals surface area contributed by atoms with Crippen molar-refractivity contribution in [2.45, 2.75) is 102 Å². The van der Waals surface area contributed by atoms with Gasteiger partial charge in [0.15, 0.2) is 0 Å². The summed E-state index contributed by atoms with van der Waals surface area (Å²) in [7, 11) is 0. The Morgan fingerprint density at radius 2 is 1.35 bits per heavy atom. The van der Waals surface area contributed by atoms with Gasteiger partial charge >= 0.3 is 6.11 Å². The zero-order valence-electron chi connectivity index (χ0n) is 22.5. The van der Waals surface area contributed by atoms with Crippen LogP contribution < -0.4 is 0 Å². The Balaban J connectivity index is 1.22. The molecule has 0 unspecified atom stereocenters. The van der Waals surface area contributed by atoms with Crippen molar-refractivity contribution in [1.82, 2.24) is 0 Å². The molecular formula is C34H44F2O. The molecule has 1 nitrogen and oxygen atoms in total. The fourth-order valence-electron chi connectivity index (χ4n) is 6.24. The molecule has 2 fully saturated rings. The van der Waals surface area contributed by atoms with E-state index in [9.17, 15) is 8.78 Å². The highest BCUT2D eigenvalue weighted by atomic mass is 19.3. The summed E-state index contributed by atoms with van der Waals surface area (Å²) in [6, 6.07) is 15.9. The average Bonchev–Trinajstić information content (AvgIpc) is 2.93. The first-order valence-electron chi connectivity index (χ1n) is 14.4. The number of halogens is 2. The van der Waals surface area contributed by atoms with E-state index in [0.717, 1.165) is 11.5 Å². The summed E-state index contributed by atoms with van der Waals surface area (Å²) < 4.78 is 34.3. The molecule has 2 aromatic rings. The SMILES string of the molecule is C=CC1CCC(c2ccc(COC(F)(F)Cc3ccc(C4CCC(CC/C=C/C)CC4)cc3)cc2)CC1. The van der Waals surface area contributed by atoms with Crippen molar-refractivity contribution in [2.75, 3.05) is 0 Å². The van der Waals surface area contributed by atoms with Gasteiger partial charge in [-0.3, -0.25) is 0 Å². The predicted molar refractivity (Wildman–Crippen MR) is 150 cm³/mol. The maximum Gasteiger partial charge on any atom is 0.360 e. The summed E-state index contributed by atoms with van der Waals surface area (Å²) in [5.41, 5.74) is 4.01. The molecule has 0 N–H and O–H groups in total. The number of allylic oxidation sites excluding steroid dienone is 3. The zero-order valence-corrected chi connectivity index (χ0v) is 22.5. The molecule has 0 aromatic heterocycles. The van der Waals surface area contributed by atoms with Crippen molar-refractivity contribution in [2.24, 2.45) is 11.8 Å². The lowest BCUT2D eigenvalue weighted by atomic mass is 9.77. The number of benzene rings is 2. The van der Waals surface area contributed by atoms with Crippen molar-refractivity contribution in [3.05, 3.63) is 95.6 Å². The minimum absolute atomic E-state index is 0.0775. The van der Waals surface area contributed by atoms with E-state index in [2.05, 4.69) is 56.0 Å². The molecule has 0 heterocycles. The van der Waals surface area contributed by atoms with Crippen LogP contribution in [0.15, 0.2) is 73.3 Å². The second-order valence-electron chi connectivity index (χ2n) is 11.3. The van der Waals surface area contributed by atoms with Crippen LogP contribution in [0.2, 0.25) is 0 Å². The molecule has 0 amide bonds. The van der Waals surface area contributed by atoms with Crippen LogP contribution in [0.1, 0.15) is 105 Å². The van der Waals surface area contributed by atoms with Gasteiger partial charge in [0.1, 0.15) is 0 Å². The third-order valence-corrected chi connectivity index (χ3v) is 8.69. The lowest BCUT2D eigenvalue weighted by Gasteiger charge is -2.28. The quantitative estimate of drug-likeness (QED) is 0.275. The highest BCUT2D eigenvalue weighted by Gasteiger charge is 2.31. The molecule has 0 spiro atoms. The second-order valence-corrected chi connectivity index (χ2v) is 11.3. The molecule has 0 bridgehead atoms. The maximum absolute atomic E-state index is 14.6. The van der Waals surface area contributed by atoms with Crippen molar-refractivity contribution < 1.29 is 13.5 Å². The van der Waals surface area contributed by atoms with Crippen molar-refractivity contribution >= 4 is 0 Å². The monoisotopic (exact) mass is 506 g/mol. The van der Waals surface area contributed by atoms with Crippen molar-refractivity contribution in [3.63, 3.8) is 0 Å². The summed E-state index contributed by atoms with van der Waals surface area (Å²) in [5.74, 6) is 2.59. The summed E-state index contributed by atoms with van der Waals surface area (Å²) >= 11 is 0. The molecular weight excluding hydrogens is 462 g/mol. The van der Waals surface area contributed by atoms with Crippen LogP contribution in [0.25, 0.3) is 0 Å². The van der Waals surface area contributed by atoms with E-state index in [1.807, 2.05) is 24.3 Å². The van der Waals surface area contributed by atoms with Gasteiger partial charge in [-0.15, -0.1) is 6.58 Å². The van der Waals surface area contributed by atoms with E-state index in [4.69, 9.17) is 4.74 Å². The van der Waals surface area contributed by atoms with Gasteiger partial charge in [-0.2, -0.15) is 8.78 Å². The lowest BCUT2D eigenvalue weighted by Crippen LogP contribution is -2.23. The Hall–Kier alpha value is -2.26. The Morgan fingerprint density at radius 1 is 0.811 bits per heavy atom. The topological polar surface area (TPSA) is 9.23 Å². The first-order chi connectivity index (χ1) is 18.0. The highest BCUT2D eigenvalue weighted by Crippen LogP contribution is 2.38. The number of ether oxygens (including phenoxy) is 1. The largest absolute Gasteiger partial charge is 0.360 e. The number of rotatable bonds is 11. The van der Waals surface area contributed by atoms with Gasteiger partial charge in [0.2, 0.25) is 0 Å². The van der Waals surface area contributed by atoms with Crippen LogP contribution in [0.4, 0.5) is 8.78 Å². The molecule has 2 aromatic carbocycles. The van der Waals surface area contributed by atoms with Crippen LogP contribution in [-0.2, 0) is 17.8 Å². The third kappa shape index (κ3) is 8.37. The van der Waals surface area contributed by atoms with Gasteiger partial charge in [0.25, 0.3) is 0 Å². The molecule has 2 aliphatic carbocycles. The van der Waals surface area contributed by atoms with Crippen LogP contribution in [0.5, 0.6) is 0 Å². The molecule has 200 valence electrons. The summed E-state index contributed by atoms with van der Waals surface area (Å²) in [5, 5.41) is 0. The fraction of sp³-hybridized carbons (Fsp3) is 0.529. The third-order valence-electron chi connectivity index (χ3n) is 8.69. The molecule has 2 saturated carbocycles. The second kappa shape index (κ2) is 13.5. The van der Waals surface area contributed by atoms with Crippen LogP contribution in [0, 0.1) is 11.8 Å². The number of alkyl halides is 2. The molecule has 0 aliphatic heterocycles. The van der Waals surface area contributed by atoms with Crippen LogP contribution in [-0.4, -0.2) is 6.11 Å². The van der Waals surface area contributed by atoms with E-state index in [0.29, 0.717) is 23.3 Å². The first-order valence-corrected chi connectivity index (χ1v) is 14.4. The standard InChI is InChI=1S/C34H44F2O/c1-3-5-6-7-27-10-18-31(19-11-27)32-20-12-28(13-21-32)24-34(35,36)37-25-29-14-22-33(23-15-29)30-16-8-26(4-2)9-17-30/h3-5,12-15,20-23,26-27,30-31H,2,6-11,16-19,24-25H2,1H3/b5-3+. The Bertz CT molecular complexity index is 975. The fourth-order valence-corrected chi connectivity index (χ4v) is 6.24. The lowest BCUT2D eigenvalue weighted by molar-refractivity contribution is -0.244. The van der Waals surface area contributed by atoms with Crippen molar-refractivity contribution in [1.29, 1.82) is 0 Å². The minimum atomic E-state index is -3.19. The first kappa shape index (κ1) is 27.8. The van der Waals surface area contributed by atoms with Gasteiger partial charge in [0, 0.05) is 0 Å². The molecule has 0 saturated heterocycles. The predicted octanol–water partition coefficient (Wildman–Crippen LogP) is 10.1. The minimum Gasteiger partial charge on any atom is -0.315 e. The molecule has 37 heavy (non-hydrogen) atoms.